The van der Waals surface area contributed by atoms with Gasteiger partial charge in [-0.1, -0.05) is 6.08 Å². The Balaban J connectivity index is 4.16. The first-order valence-electron chi connectivity index (χ1n) is 6.80. The van der Waals surface area contributed by atoms with E-state index in [4.69, 9.17) is 0 Å². The summed E-state index contributed by atoms with van der Waals surface area (Å²) in [6.45, 7) is 9.15. The van der Waals surface area contributed by atoms with Crippen molar-refractivity contribution in [3.8, 4) is 0 Å². The quantitative estimate of drug-likeness (QED) is 0.274. The Hall–Kier alpha value is -0.690. The SMILES string of the molecule is C=CCSCCN=C(NCC)NC(C)CCS(C)(=O)=O. The van der Waals surface area contributed by atoms with Crippen LogP contribution in [-0.2, 0) is 9.84 Å². The first-order valence-corrected chi connectivity index (χ1v) is 10.0. The fraction of sp³-hybridized carbons (Fsp3) is 0.769. The minimum Gasteiger partial charge on any atom is -0.357 e. The number of nitrogens with one attached hydrogen (secondary N) is 2. The Bertz CT molecular complexity index is 394. The van der Waals surface area contributed by atoms with Crippen molar-refractivity contribution in [1.82, 2.24) is 10.6 Å². The van der Waals surface area contributed by atoms with Gasteiger partial charge >= 0.3 is 0 Å². The molecule has 0 amide bonds. The molecule has 0 aromatic rings. The highest BCUT2D eigenvalue weighted by molar-refractivity contribution is 7.99. The van der Waals surface area contributed by atoms with Crippen molar-refractivity contribution < 1.29 is 8.42 Å². The van der Waals surface area contributed by atoms with Crippen molar-refractivity contribution in [2.45, 2.75) is 26.3 Å². The molecule has 0 bridgehead atoms. The van der Waals surface area contributed by atoms with E-state index < -0.39 is 9.84 Å². The number of hydrogen-bond acceptors (Lipinski definition) is 4. The molecule has 2 N–H and O–H groups in total. The van der Waals surface area contributed by atoms with Crippen LogP contribution in [-0.4, -0.2) is 57.0 Å². The zero-order chi connectivity index (χ0) is 15.4. The number of hydrogen-bond donors (Lipinski definition) is 2. The third kappa shape index (κ3) is 12.3. The van der Waals surface area contributed by atoms with Crippen LogP contribution >= 0.6 is 11.8 Å². The van der Waals surface area contributed by atoms with Gasteiger partial charge in [-0.2, -0.15) is 11.8 Å². The Morgan fingerprint density at radius 1 is 1.50 bits per heavy atom. The van der Waals surface area contributed by atoms with Crippen LogP contribution in [0, 0.1) is 0 Å². The van der Waals surface area contributed by atoms with Gasteiger partial charge in [0.2, 0.25) is 0 Å². The van der Waals surface area contributed by atoms with Crippen LogP contribution in [0.1, 0.15) is 20.3 Å². The number of thioether (sulfide) groups is 1. The van der Waals surface area contributed by atoms with Crippen molar-refractivity contribution >= 4 is 27.6 Å². The maximum Gasteiger partial charge on any atom is 0.191 e. The van der Waals surface area contributed by atoms with Gasteiger partial charge in [0.05, 0.1) is 12.3 Å². The minimum atomic E-state index is -2.91. The maximum atomic E-state index is 11.1. The average molecular weight is 322 g/mol. The normalized spacial score (nSPS) is 13.8. The van der Waals surface area contributed by atoms with Gasteiger partial charge in [0.15, 0.2) is 5.96 Å². The van der Waals surface area contributed by atoms with E-state index in [1.54, 1.807) is 11.8 Å². The van der Waals surface area contributed by atoms with Gasteiger partial charge < -0.3 is 10.6 Å². The zero-order valence-electron chi connectivity index (χ0n) is 12.7. The molecule has 20 heavy (non-hydrogen) atoms. The summed E-state index contributed by atoms with van der Waals surface area (Å²) in [5, 5.41) is 6.39. The molecule has 0 fully saturated rings. The highest BCUT2D eigenvalue weighted by Crippen LogP contribution is 1.99. The van der Waals surface area contributed by atoms with Crippen LogP contribution < -0.4 is 10.6 Å². The van der Waals surface area contributed by atoms with E-state index in [2.05, 4.69) is 22.2 Å². The third-order valence-electron chi connectivity index (χ3n) is 2.39. The van der Waals surface area contributed by atoms with Crippen LogP contribution in [0.15, 0.2) is 17.6 Å². The second kappa shape index (κ2) is 11.0. The summed E-state index contributed by atoms with van der Waals surface area (Å²) in [5.74, 6) is 2.81. The van der Waals surface area contributed by atoms with Gasteiger partial charge in [0.1, 0.15) is 9.84 Å². The summed E-state index contributed by atoms with van der Waals surface area (Å²) in [5.41, 5.74) is 0. The van der Waals surface area contributed by atoms with Crippen LogP contribution in [0.2, 0.25) is 0 Å². The van der Waals surface area contributed by atoms with Crippen LogP contribution in [0.25, 0.3) is 0 Å². The van der Waals surface area contributed by atoms with Gasteiger partial charge in [-0.3, -0.25) is 4.99 Å². The van der Waals surface area contributed by atoms with Gasteiger partial charge in [-0.15, -0.1) is 6.58 Å². The van der Waals surface area contributed by atoms with Crippen LogP contribution in [0.3, 0.4) is 0 Å². The molecule has 0 aliphatic carbocycles. The molecule has 0 spiro atoms. The van der Waals surface area contributed by atoms with E-state index in [1.807, 2.05) is 19.9 Å². The summed E-state index contributed by atoms with van der Waals surface area (Å²) in [4.78, 5) is 4.46. The Labute approximate surface area is 127 Å². The molecule has 1 atom stereocenters. The molecule has 0 saturated carbocycles. The van der Waals surface area contributed by atoms with Crippen LogP contribution in [0.5, 0.6) is 0 Å². The number of guanidine groups is 1. The summed E-state index contributed by atoms with van der Waals surface area (Å²) in [7, 11) is -2.91. The predicted molar refractivity (Wildman–Crippen MR) is 90.4 cm³/mol. The molecule has 0 aromatic carbocycles. The van der Waals surface area contributed by atoms with Gasteiger partial charge in [-0.25, -0.2) is 8.42 Å². The molecule has 118 valence electrons. The topological polar surface area (TPSA) is 70.6 Å². The number of aliphatic imine (C=N–C) groups is 1. The molecule has 0 rings (SSSR count). The number of sulfone groups is 1. The van der Waals surface area contributed by atoms with E-state index in [0.29, 0.717) is 6.42 Å². The largest absolute Gasteiger partial charge is 0.357 e. The Morgan fingerprint density at radius 3 is 2.75 bits per heavy atom. The standard InChI is InChI=1S/C13H27N3O2S2/c1-5-9-19-10-8-15-13(14-6-2)16-12(3)7-11-20(4,17)18/h5,12H,1,6-11H2,2-4H3,(H2,14,15,16). The molecular formula is C13H27N3O2S2. The first-order chi connectivity index (χ1) is 9.39. The van der Waals surface area contributed by atoms with E-state index in [9.17, 15) is 8.42 Å². The zero-order valence-corrected chi connectivity index (χ0v) is 14.3. The monoisotopic (exact) mass is 321 g/mol. The molecule has 5 nitrogen and oxygen atoms in total. The maximum absolute atomic E-state index is 11.1. The number of rotatable bonds is 10. The van der Waals surface area contributed by atoms with Gasteiger partial charge in [0.25, 0.3) is 0 Å². The Kier molecular flexibility index (Phi) is 10.6. The fourth-order valence-corrected chi connectivity index (χ4v) is 2.74. The van der Waals surface area contributed by atoms with Crippen LogP contribution in [0.4, 0.5) is 0 Å². The first kappa shape index (κ1) is 19.3. The summed E-state index contributed by atoms with van der Waals surface area (Å²) in [6, 6.07) is 0.0725. The van der Waals surface area contributed by atoms with Gasteiger partial charge in [0, 0.05) is 30.3 Å². The van der Waals surface area contributed by atoms with E-state index in [1.165, 1.54) is 6.26 Å². The number of nitrogens with zero attached hydrogens (tertiary/aromatic N) is 1. The smallest absolute Gasteiger partial charge is 0.191 e. The predicted octanol–water partition coefficient (Wildman–Crippen LogP) is 1.28. The molecule has 0 aromatic heterocycles. The van der Waals surface area contributed by atoms with Gasteiger partial charge in [-0.05, 0) is 20.3 Å². The highest BCUT2D eigenvalue weighted by Gasteiger charge is 2.09. The molecule has 1 unspecified atom stereocenters. The van der Waals surface area contributed by atoms with Crippen molar-refractivity contribution in [2.24, 2.45) is 4.99 Å². The van der Waals surface area contributed by atoms with Crippen molar-refractivity contribution in [3.63, 3.8) is 0 Å². The summed E-state index contributed by atoms with van der Waals surface area (Å²) in [6.07, 6.45) is 3.72. The molecular weight excluding hydrogens is 294 g/mol. The van der Waals surface area contributed by atoms with Crippen molar-refractivity contribution in [3.05, 3.63) is 12.7 Å². The molecule has 0 heterocycles. The fourth-order valence-electron chi connectivity index (χ4n) is 1.41. The lowest BCUT2D eigenvalue weighted by Crippen LogP contribution is -2.43. The molecule has 7 heteroatoms. The van der Waals surface area contributed by atoms with Crippen molar-refractivity contribution in [1.29, 1.82) is 0 Å². The lowest BCUT2D eigenvalue weighted by atomic mass is 10.3. The average Bonchev–Trinajstić information content (AvgIpc) is 2.35. The van der Waals surface area contributed by atoms with E-state index in [-0.39, 0.29) is 11.8 Å². The summed E-state index contributed by atoms with van der Waals surface area (Å²) >= 11 is 1.79. The Morgan fingerprint density at radius 2 is 2.20 bits per heavy atom. The molecule has 0 aliphatic heterocycles. The second-order valence-electron chi connectivity index (χ2n) is 4.59. The van der Waals surface area contributed by atoms with Crippen molar-refractivity contribution in [2.75, 3.05) is 36.6 Å². The second-order valence-corrected chi connectivity index (χ2v) is 8.00. The van der Waals surface area contributed by atoms with E-state index in [0.717, 1.165) is 30.6 Å². The highest BCUT2D eigenvalue weighted by atomic mass is 32.2. The minimum absolute atomic E-state index is 0.0725. The lowest BCUT2D eigenvalue weighted by molar-refractivity contribution is 0.581. The molecule has 0 radical (unpaired) electrons. The van der Waals surface area contributed by atoms with E-state index >= 15 is 0 Å². The third-order valence-corrected chi connectivity index (χ3v) is 4.31. The summed E-state index contributed by atoms with van der Waals surface area (Å²) < 4.78 is 22.3. The molecule has 0 aliphatic rings. The molecule has 0 saturated heterocycles. The lowest BCUT2D eigenvalue weighted by Gasteiger charge is -2.17.